The first-order chi connectivity index (χ1) is 7.95. The summed E-state index contributed by atoms with van der Waals surface area (Å²) in [7, 11) is 0. The minimum absolute atomic E-state index is 0.174. The average Bonchev–Trinajstić information content (AvgIpc) is 2.86. The van der Waals surface area contributed by atoms with Crippen LogP contribution < -0.4 is 0 Å². The zero-order valence-electron chi connectivity index (χ0n) is 11.3. The highest BCUT2D eigenvalue weighted by Crippen LogP contribution is 2.73. The van der Waals surface area contributed by atoms with Crippen LogP contribution in [0, 0.1) is 34.5 Å². The molecule has 6 atom stereocenters. The second-order valence-corrected chi connectivity index (χ2v) is 7.48. The van der Waals surface area contributed by atoms with Crippen LogP contribution in [-0.2, 0) is 0 Å². The van der Waals surface area contributed by atoms with Gasteiger partial charge in [0.25, 0.3) is 0 Å². The minimum Gasteiger partial charge on any atom is -0.396 e. The van der Waals surface area contributed by atoms with Crippen LogP contribution in [0.15, 0.2) is 0 Å². The molecule has 0 heterocycles. The predicted octanol–water partition coefficient (Wildman–Crippen LogP) is 2.44. The topological polar surface area (TPSA) is 40.5 Å². The van der Waals surface area contributed by atoms with E-state index < -0.39 is 0 Å². The third kappa shape index (κ3) is 1.34. The maximum absolute atomic E-state index is 10.4. The first kappa shape index (κ1) is 12.0. The molecule has 17 heavy (non-hydrogen) atoms. The number of hydrogen-bond donors (Lipinski definition) is 2. The third-order valence-electron chi connectivity index (χ3n) is 6.58. The molecule has 0 aromatic heterocycles. The Morgan fingerprint density at radius 2 is 1.82 bits per heavy atom. The highest BCUT2D eigenvalue weighted by atomic mass is 16.3. The summed E-state index contributed by atoms with van der Waals surface area (Å²) in [6, 6.07) is 0. The van der Waals surface area contributed by atoms with E-state index in [4.69, 9.17) is 0 Å². The summed E-state index contributed by atoms with van der Waals surface area (Å²) >= 11 is 0. The summed E-state index contributed by atoms with van der Waals surface area (Å²) in [5.74, 6) is 2.80. The molecule has 98 valence electrons. The van der Waals surface area contributed by atoms with Gasteiger partial charge < -0.3 is 10.2 Å². The zero-order valence-corrected chi connectivity index (χ0v) is 11.3. The van der Waals surface area contributed by atoms with E-state index in [0.717, 1.165) is 31.1 Å². The van der Waals surface area contributed by atoms with Crippen LogP contribution in [0.4, 0.5) is 0 Å². The van der Waals surface area contributed by atoms with Gasteiger partial charge in [-0.15, -0.1) is 0 Å². The van der Waals surface area contributed by atoms with Crippen molar-refractivity contribution in [2.75, 3.05) is 6.61 Å². The van der Waals surface area contributed by atoms with Crippen LogP contribution in [0.2, 0.25) is 0 Å². The van der Waals surface area contributed by atoms with Crippen molar-refractivity contribution in [3.63, 3.8) is 0 Å². The van der Waals surface area contributed by atoms with Crippen LogP contribution in [0.25, 0.3) is 0 Å². The Morgan fingerprint density at radius 3 is 2.47 bits per heavy atom. The largest absolute Gasteiger partial charge is 0.396 e. The molecule has 3 fully saturated rings. The lowest BCUT2D eigenvalue weighted by Crippen LogP contribution is -2.53. The van der Waals surface area contributed by atoms with Crippen molar-refractivity contribution >= 4 is 0 Å². The van der Waals surface area contributed by atoms with Gasteiger partial charge in [0.15, 0.2) is 0 Å². The molecule has 0 amide bonds. The van der Waals surface area contributed by atoms with Gasteiger partial charge in [-0.2, -0.15) is 0 Å². The summed E-state index contributed by atoms with van der Waals surface area (Å²) in [5.41, 5.74) is 0.277. The van der Waals surface area contributed by atoms with Gasteiger partial charge in [-0.3, -0.25) is 0 Å². The highest BCUT2D eigenvalue weighted by molar-refractivity contribution is 5.17. The SMILES string of the molecule is C[C@@H]1CC[C@H](O)[C@]2(CO)CC[C@H]3[C@H]([C@@H]12)C3(C)C. The maximum Gasteiger partial charge on any atom is 0.0621 e. The van der Waals surface area contributed by atoms with E-state index in [1.807, 2.05) is 0 Å². The molecule has 0 aromatic rings. The van der Waals surface area contributed by atoms with Crippen molar-refractivity contribution in [1.29, 1.82) is 0 Å². The number of aliphatic hydroxyl groups is 2. The molecular formula is C15H26O2. The van der Waals surface area contributed by atoms with E-state index in [9.17, 15) is 10.2 Å². The lowest BCUT2D eigenvalue weighted by molar-refractivity contribution is -0.132. The number of fused-ring (bicyclic) bond motifs is 3. The summed E-state index contributed by atoms with van der Waals surface area (Å²) in [6.45, 7) is 7.27. The lowest BCUT2D eigenvalue weighted by atomic mass is 9.54. The fraction of sp³-hybridized carbons (Fsp3) is 1.00. The molecule has 0 bridgehead atoms. The van der Waals surface area contributed by atoms with E-state index in [2.05, 4.69) is 20.8 Å². The molecule has 0 aliphatic heterocycles. The van der Waals surface area contributed by atoms with E-state index in [0.29, 0.717) is 17.3 Å². The Hall–Kier alpha value is -0.0800. The molecule has 0 unspecified atom stereocenters. The standard InChI is InChI=1S/C15H26O2/c1-9-4-5-11(17)15(8-16)7-6-10-13(12(9)15)14(10,2)3/h9-13,16-17H,4-8H2,1-3H3/t9-,10+,11+,12-,13-,15-/m1/s1. The van der Waals surface area contributed by atoms with Gasteiger partial charge in [-0.25, -0.2) is 0 Å². The van der Waals surface area contributed by atoms with Gasteiger partial charge >= 0.3 is 0 Å². The quantitative estimate of drug-likeness (QED) is 0.736. The van der Waals surface area contributed by atoms with E-state index >= 15 is 0 Å². The average molecular weight is 238 g/mol. The summed E-state index contributed by atoms with van der Waals surface area (Å²) in [4.78, 5) is 0. The van der Waals surface area contributed by atoms with Crippen molar-refractivity contribution in [3.8, 4) is 0 Å². The van der Waals surface area contributed by atoms with Gasteiger partial charge in [-0.05, 0) is 54.8 Å². The molecular weight excluding hydrogens is 212 g/mol. The fourth-order valence-corrected chi connectivity index (χ4v) is 5.49. The molecule has 0 radical (unpaired) electrons. The normalized spacial score (nSPS) is 55.9. The Balaban J connectivity index is 1.97. The van der Waals surface area contributed by atoms with Crippen LogP contribution in [-0.4, -0.2) is 22.9 Å². The van der Waals surface area contributed by atoms with E-state index in [-0.39, 0.29) is 18.1 Å². The highest BCUT2D eigenvalue weighted by Gasteiger charge is 2.69. The Bertz CT molecular complexity index is 325. The monoisotopic (exact) mass is 238 g/mol. The minimum atomic E-state index is -0.272. The Kier molecular flexibility index (Phi) is 2.45. The smallest absolute Gasteiger partial charge is 0.0621 e. The van der Waals surface area contributed by atoms with Crippen LogP contribution in [0.1, 0.15) is 46.5 Å². The second-order valence-electron chi connectivity index (χ2n) is 7.48. The van der Waals surface area contributed by atoms with Crippen molar-refractivity contribution in [3.05, 3.63) is 0 Å². The van der Waals surface area contributed by atoms with Gasteiger partial charge in [0.2, 0.25) is 0 Å². The summed E-state index contributed by atoms with van der Waals surface area (Å²) in [6.07, 6.45) is 3.98. The molecule has 0 spiro atoms. The van der Waals surface area contributed by atoms with Crippen molar-refractivity contribution in [2.45, 2.75) is 52.6 Å². The molecule has 2 heteroatoms. The van der Waals surface area contributed by atoms with Gasteiger partial charge in [0.1, 0.15) is 0 Å². The molecule has 3 saturated carbocycles. The zero-order chi connectivity index (χ0) is 12.4. The van der Waals surface area contributed by atoms with E-state index in [1.54, 1.807) is 0 Å². The number of aliphatic hydroxyl groups excluding tert-OH is 2. The van der Waals surface area contributed by atoms with Crippen molar-refractivity contribution in [2.24, 2.45) is 34.5 Å². The molecule has 3 aliphatic rings. The lowest BCUT2D eigenvalue weighted by Gasteiger charge is -2.52. The predicted molar refractivity (Wildman–Crippen MR) is 67.4 cm³/mol. The Labute approximate surface area is 104 Å². The van der Waals surface area contributed by atoms with Crippen LogP contribution in [0.3, 0.4) is 0 Å². The van der Waals surface area contributed by atoms with Crippen LogP contribution in [0.5, 0.6) is 0 Å². The summed E-state index contributed by atoms with van der Waals surface area (Å²) in [5, 5.41) is 20.3. The Morgan fingerprint density at radius 1 is 1.12 bits per heavy atom. The second kappa shape index (κ2) is 3.48. The van der Waals surface area contributed by atoms with Gasteiger partial charge in [0.05, 0.1) is 12.7 Å². The molecule has 2 nitrogen and oxygen atoms in total. The molecule has 3 aliphatic carbocycles. The first-order valence-corrected chi connectivity index (χ1v) is 7.24. The molecule has 2 N–H and O–H groups in total. The number of rotatable bonds is 1. The molecule has 3 rings (SSSR count). The van der Waals surface area contributed by atoms with E-state index in [1.165, 1.54) is 6.42 Å². The summed E-state index contributed by atoms with van der Waals surface area (Å²) < 4.78 is 0. The van der Waals surface area contributed by atoms with Crippen LogP contribution >= 0.6 is 0 Å². The maximum atomic E-state index is 10.4. The first-order valence-electron chi connectivity index (χ1n) is 7.24. The van der Waals surface area contributed by atoms with Crippen molar-refractivity contribution < 1.29 is 10.2 Å². The molecule has 0 saturated heterocycles. The van der Waals surface area contributed by atoms with Crippen molar-refractivity contribution in [1.82, 2.24) is 0 Å². The van der Waals surface area contributed by atoms with Gasteiger partial charge in [-0.1, -0.05) is 20.8 Å². The molecule has 0 aromatic carbocycles. The van der Waals surface area contributed by atoms with Gasteiger partial charge in [0, 0.05) is 5.41 Å². The number of hydrogen-bond acceptors (Lipinski definition) is 2. The third-order valence-corrected chi connectivity index (χ3v) is 6.58. The fourth-order valence-electron chi connectivity index (χ4n) is 5.49.